The highest BCUT2D eigenvalue weighted by Crippen LogP contribution is 2.15. The molecule has 0 saturated carbocycles. The van der Waals surface area contributed by atoms with Crippen LogP contribution in [-0.4, -0.2) is 37.0 Å². The zero-order valence-corrected chi connectivity index (χ0v) is 8.57. The Hall–Kier alpha value is -1.06. The highest BCUT2D eigenvalue weighted by atomic mass is 16.6. The summed E-state index contributed by atoms with van der Waals surface area (Å²) in [5.74, 6) is 0.120. The highest BCUT2D eigenvalue weighted by molar-refractivity contribution is 5.67. The molecule has 80 valence electrons. The Morgan fingerprint density at radius 2 is 2.29 bits per heavy atom. The van der Waals surface area contributed by atoms with Gasteiger partial charge >= 0.3 is 6.09 Å². The number of carbonyl (C=O) groups is 2. The minimum atomic E-state index is -0.251. The van der Waals surface area contributed by atoms with E-state index in [0.29, 0.717) is 19.7 Å². The monoisotopic (exact) mass is 199 g/mol. The van der Waals surface area contributed by atoms with Crippen molar-refractivity contribution in [2.24, 2.45) is 5.92 Å². The van der Waals surface area contributed by atoms with Crippen LogP contribution in [0, 0.1) is 5.92 Å². The Balaban J connectivity index is 2.41. The lowest BCUT2D eigenvalue weighted by atomic mass is 10.0. The lowest BCUT2D eigenvalue weighted by Gasteiger charge is -2.18. The average Bonchev–Trinajstić information content (AvgIpc) is 2.42. The van der Waals surface area contributed by atoms with E-state index in [-0.39, 0.29) is 12.0 Å². The summed E-state index contributed by atoms with van der Waals surface area (Å²) in [6.07, 6.45) is 3.29. The number of ether oxygens (including phenoxy) is 1. The fourth-order valence-corrected chi connectivity index (χ4v) is 1.66. The maximum Gasteiger partial charge on any atom is 0.409 e. The third kappa shape index (κ3) is 3.01. The summed E-state index contributed by atoms with van der Waals surface area (Å²) in [5.41, 5.74) is 0. The van der Waals surface area contributed by atoms with Crippen LogP contribution in [0.4, 0.5) is 4.79 Å². The van der Waals surface area contributed by atoms with E-state index in [1.54, 1.807) is 11.8 Å². The van der Waals surface area contributed by atoms with Crippen LogP contribution in [-0.2, 0) is 9.53 Å². The van der Waals surface area contributed by atoms with Crippen molar-refractivity contribution in [2.45, 2.75) is 26.2 Å². The standard InChI is InChI=1S/C10H17NO3/c1-2-14-10(13)11-6-3-4-9(8-12)5-7-11/h8-9H,2-7H2,1H3. The molecule has 1 aliphatic heterocycles. The Labute approximate surface area is 84.2 Å². The predicted octanol–water partition coefficient (Wildman–Crippen LogP) is 1.44. The van der Waals surface area contributed by atoms with E-state index >= 15 is 0 Å². The molecule has 1 unspecified atom stereocenters. The van der Waals surface area contributed by atoms with Gasteiger partial charge in [-0.15, -0.1) is 0 Å². The highest BCUT2D eigenvalue weighted by Gasteiger charge is 2.20. The number of rotatable bonds is 2. The molecular weight excluding hydrogens is 182 g/mol. The smallest absolute Gasteiger partial charge is 0.409 e. The fraction of sp³-hybridized carbons (Fsp3) is 0.800. The van der Waals surface area contributed by atoms with Gasteiger partial charge in [-0.1, -0.05) is 0 Å². The minimum Gasteiger partial charge on any atom is -0.450 e. The van der Waals surface area contributed by atoms with Crippen molar-refractivity contribution in [3.8, 4) is 0 Å². The average molecular weight is 199 g/mol. The van der Waals surface area contributed by atoms with Crippen molar-refractivity contribution in [1.29, 1.82) is 0 Å². The summed E-state index contributed by atoms with van der Waals surface area (Å²) in [6, 6.07) is 0. The number of amides is 1. The molecule has 1 heterocycles. The van der Waals surface area contributed by atoms with E-state index in [1.807, 2.05) is 0 Å². The van der Waals surface area contributed by atoms with Crippen molar-refractivity contribution in [3.05, 3.63) is 0 Å². The minimum absolute atomic E-state index is 0.120. The van der Waals surface area contributed by atoms with Crippen LogP contribution >= 0.6 is 0 Å². The lowest BCUT2D eigenvalue weighted by molar-refractivity contribution is -0.111. The van der Waals surface area contributed by atoms with Gasteiger partial charge in [-0.25, -0.2) is 4.79 Å². The van der Waals surface area contributed by atoms with Crippen molar-refractivity contribution in [3.63, 3.8) is 0 Å². The van der Waals surface area contributed by atoms with Gasteiger partial charge < -0.3 is 14.4 Å². The van der Waals surface area contributed by atoms with Gasteiger partial charge in [0.05, 0.1) is 6.61 Å². The summed E-state index contributed by atoms with van der Waals surface area (Å²) in [4.78, 5) is 23.6. The van der Waals surface area contributed by atoms with Gasteiger partial charge in [-0.05, 0) is 26.2 Å². The summed E-state index contributed by atoms with van der Waals surface area (Å²) in [5, 5.41) is 0. The molecular formula is C10H17NO3. The Bertz CT molecular complexity index is 206. The Morgan fingerprint density at radius 3 is 2.93 bits per heavy atom. The van der Waals surface area contributed by atoms with Gasteiger partial charge in [0.25, 0.3) is 0 Å². The third-order valence-electron chi connectivity index (χ3n) is 2.49. The molecule has 0 radical (unpaired) electrons. The molecule has 1 amide bonds. The number of carbonyl (C=O) groups excluding carboxylic acids is 2. The predicted molar refractivity (Wildman–Crippen MR) is 52.0 cm³/mol. The van der Waals surface area contributed by atoms with Crippen LogP contribution in [0.15, 0.2) is 0 Å². The van der Waals surface area contributed by atoms with Gasteiger partial charge in [-0.3, -0.25) is 0 Å². The van der Waals surface area contributed by atoms with Crippen LogP contribution < -0.4 is 0 Å². The van der Waals surface area contributed by atoms with Gasteiger partial charge in [-0.2, -0.15) is 0 Å². The SMILES string of the molecule is CCOC(=O)N1CCCC(C=O)CC1. The number of likely N-dealkylation sites (tertiary alicyclic amines) is 1. The molecule has 1 rings (SSSR count). The van der Waals surface area contributed by atoms with E-state index in [1.165, 1.54) is 0 Å². The normalized spacial score (nSPS) is 22.6. The van der Waals surface area contributed by atoms with Crippen molar-refractivity contribution in [1.82, 2.24) is 4.90 Å². The van der Waals surface area contributed by atoms with E-state index in [4.69, 9.17) is 4.74 Å². The first kappa shape index (κ1) is 11.0. The largest absolute Gasteiger partial charge is 0.450 e. The van der Waals surface area contributed by atoms with Gasteiger partial charge in [0, 0.05) is 19.0 Å². The summed E-state index contributed by atoms with van der Waals surface area (Å²) < 4.78 is 4.90. The molecule has 0 aliphatic carbocycles. The first-order valence-electron chi connectivity index (χ1n) is 5.15. The van der Waals surface area contributed by atoms with Crippen molar-refractivity contribution >= 4 is 12.4 Å². The molecule has 1 atom stereocenters. The quantitative estimate of drug-likeness (QED) is 0.632. The molecule has 1 aliphatic rings. The molecule has 0 aromatic carbocycles. The number of aldehydes is 1. The lowest BCUT2D eigenvalue weighted by Crippen LogP contribution is -2.32. The van der Waals surface area contributed by atoms with E-state index in [2.05, 4.69) is 0 Å². The second kappa shape index (κ2) is 5.62. The zero-order valence-electron chi connectivity index (χ0n) is 8.57. The first-order chi connectivity index (χ1) is 6.77. The van der Waals surface area contributed by atoms with Crippen LogP contribution in [0.3, 0.4) is 0 Å². The Morgan fingerprint density at radius 1 is 1.50 bits per heavy atom. The second-order valence-corrected chi connectivity index (χ2v) is 3.51. The van der Waals surface area contributed by atoms with Crippen molar-refractivity contribution < 1.29 is 14.3 Å². The maximum absolute atomic E-state index is 11.4. The second-order valence-electron chi connectivity index (χ2n) is 3.51. The van der Waals surface area contributed by atoms with E-state index in [9.17, 15) is 9.59 Å². The van der Waals surface area contributed by atoms with Crippen LogP contribution in [0.25, 0.3) is 0 Å². The molecule has 4 heteroatoms. The van der Waals surface area contributed by atoms with Crippen molar-refractivity contribution in [2.75, 3.05) is 19.7 Å². The molecule has 0 aromatic rings. The first-order valence-corrected chi connectivity index (χ1v) is 5.15. The maximum atomic E-state index is 11.4. The molecule has 1 fully saturated rings. The number of hydrogen-bond acceptors (Lipinski definition) is 3. The van der Waals surface area contributed by atoms with Crippen LogP contribution in [0.1, 0.15) is 26.2 Å². The molecule has 0 aromatic heterocycles. The number of hydrogen-bond donors (Lipinski definition) is 0. The van der Waals surface area contributed by atoms with Gasteiger partial charge in [0.2, 0.25) is 0 Å². The molecule has 1 saturated heterocycles. The summed E-state index contributed by atoms with van der Waals surface area (Å²) >= 11 is 0. The summed E-state index contributed by atoms with van der Waals surface area (Å²) in [6.45, 7) is 3.56. The van der Waals surface area contributed by atoms with Crippen LogP contribution in [0.2, 0.25) is 0 Å². The topological polar surface area (TPSA) is 46.6 Å². The molecule has 4 nitrogen and oxygen atoms in total. The Kier molecular flexibility index (Phi) is 4.43. The molecule has 0 bridgehead atoms. The summed E-state index contributed by atoms with van der Waals surface area (Å²) in [7, 11) is 0. The van der Waals surface area contributed by atoms with Crippen LogP contribution in [0.5, 0.6) is 0 Å². The molecule has 0 N–H and O–H groups in total. The van der Waals surface area contributed by atoms with E-state index < -0.39 is 0 Å². The molecule has 0 spiro atoms. The fourth-order valence-electron chi connectivity index (χ4n) is 1.66. The van der Waals surface area contributed by atoms with Gasteiger partial charge in [0.1, 0.15) is 6.29 Å². The number of nitrogens with zero attached hydrogens (tertiary/aromatic N) is 1. The van der Waals surface area contributed by atoms with Gasteiger partial charge in [0.15, 0.2) is 0 Å². The van der Waals surface area contributed by atoms with E-state index in [0.717, 1.165) is 25.5 Å². The third-order valence-corrected chi connectivity index (χ3v) is 2.49. The zero-order chi connectivity index (χ0) is 10.4. The molecule has 14 heavy (non-hydrogen) atoms.